The number of nitrogens with one attached hydrogen (secondary N) is 2. The van der Waals surface area contributed by atoms with Crippen LogP contribution in [0.4, 0.5) is 5.69 Å². The molecule has 2 nitrogen and oxygen atoms in total. The van der Waals surface area contributed by atoms with Crippen molar-refractivity contribution in [3.63, 3.8) is 0 Å². The fraction of sp³-hybridized carbons (Fsp3) is 0.538. The van der Waals surface area contributed by atoms with Crippen molar-refractivity contribution in [2.75, 3.05) is 25.0 Å². The molecule has 1 fully saturated rings. The number of halogens is 1. The molecule has 1 atom stereocenters. The van der Waals surface area contributed by atoms with E-state index >= 15 is 0 Å². The summed E-state index contributed by atoms with van der Waals surface area (Å²) in [5.41, 5.74) is 2.56. The van der Waals surface area contributed by atoms with E-state index in [1.807, 2.05) is 0 Å². The molecule has 1 saturated heterocycles. The SMILES string of the molecule is Cc1cc(Br)ccc1NCC1CCCNC1. The van der Waals surface area contributed by atoms with E-state index in [4.69, 9.17) is 0 Å². The van der Waals surface area contributed by atoms with E-state index < -0.39 is 0 Å². The van der Waals surface area contributed by atoms with Crippen LogP contribution in [-0.2, 0) is 0 Å². The van der Waals surface area contributed by atoms with Crippen molar-refractivity contribution < 1.29 is 0 Å². The lowest BCUT2D eigenvalue weighted by molar-refractivity contribution is 0.393. The molecule has 16 heavy (non-hydrogen) atoms. The smallest absolute Gasteiger partial charge is 0.0370 e. The van der Waals surface area contributed by atoms with Gasteiger partial charge in [0, 0.05) is 16.7 Å². The third kappa shape index (κ3) is 3.22. The van der Waals surface area contributed by atoms with Crippen LogP contribution < -0.4 is 10.6 Å². The van der Waals surface area contributed by atoms with Gasteiger partial charge in [-0.2, -0.15) is 0 Å². The molecule has 1 heterocycles. The molecular weight excluding hydrogens is 264 g/mol. The average Bonchev–Trinajstić information content (AvgIpc) is 2.29. The summed E-state index contributed by atoms with van der Waals surface area (Å²) in [7, 11) is 0. The van der Waals surface area contributed by atoms with E-state index in [0.29, 0.717) is 0 Å². The fourth-order valence-electron chi connectivity index (χ4n) is 2.18. The first-order chi connectivity index (χ1) is 7.75. The van der Waals surface area contributed by atoms with Crippen LogP contribution in [0.15, 0.2) is 22.7 Å². The van der Waals surface area contributed by atoms with Crippen molar-refractivity contribution in [3.8, 4) is 0 Å². The largest absolute Gasteiger partial charge is 0.385 e. The van der Waals surface area contributed by atoms with Gasteiger partial charge in [0.1, 0.15) is 0 Å². The van der Waals surface area contributed by atoms with Gasteiger partial charge in [-0.3, -0.25) is 0 Å². The van der Waals surface area contributed by atoms with Crippen LogP contribution in [0.1, 0.15) is 18.4 Å². The van der Waals surface area contributed by atoms with Gasteiger partial charge < -0.3 is 10.6 Å². The van der Waals surface area contributed by atoms with Gasteiger partial charge in [-0.05, 0) is 62.5 Å². The molecule has 0 spiro atoms. The molecule has 0 aromatic heterocycles. The van der Waals surface area contributed by atoms with Crippen LogP contribution in [0.3, 0.4) is 0 Å². The zero-order valence-electron chi connectivity index (χ0n) is 9.72. The number of aryl methyl sites for hydroxylation is 1. The molecule has 1 aromatic rings. The molecule has 2 rings (SSSR count). The van der Waals surface area contributed by atoms with Crippen molar-refractivity contribution in [3.05, 3.63) is 28.2 Å². The minimum absolute atomic E-state index is 0.775. The Bertz CT molecular complexity index is 346. The summed E-state index contributed by atoms with van der Waals surface area (Å²) in [6, 6.07) is 6.39. The zero-order valence-corrected chi connectivity index (χ0v) is 11.3. The predicted molar refractivity (Wildman–Crippen MR) is 73.0 cm³/mol. The van der Waals surface area contributed by atoms with Gasteiger partial charge in [0.25, 0.3) is 0 Å². The van der Waals surface area contributed by atoms with Crippen LogP contribution in [-0.4, -0.2) is 19.6 Å². The summed E-state index contributed by atoms with van der Waals surface area (Å²) in [5, 5.41) is 7.00. The standard InChI is InChI=1S/C13H19BrN2/c1-10-7-12(14)4-5-13(10)16-9-11-3-2-6-15-8-11/h4-5,7,11,15-16H,2-3,6,8-9H2,1H3. The normalized spacial score (nSPS) is 20.8. The lowest BCUT2D eigenvalue weighted by Crippen LogP contribution is -2.33. The second-order valence-electron chi connectivity index (χ2n) is 4.55. The van der Waals surface area contributed by atoms with Crippen molar-refractivity contribution in [2.45, 2.75) is 19.8 Å². The Kier molecular flexibility index (Phi) is 4.24. The van der Waals surface area contributed by atoms with Crippen LogP contribution in [0.25, 0.3) is 0 Å². The zero-order chi connectivity index (χ0) is 11.4. The second kappa shape index (κ2) is 5.69. The maximum Gasteiger partial charge on any atom is 0.0370 e. The summed E-state index contributed by atoms with van der Waals surface area (Å²) in [5.74, 6) is 0.775. The average molecular weight is 283 g/mol. The molecule has 1 aromatic carbocycles. The summed E-state index contributed by atoms with van der Waals surface area (Å²) in [6.45, 7) is 5.57. The number of rotatable bonds is 3. The van der Waals surface area contributed by atoms with E-state index in [0.717, 1.165) is 23.5 Å². The quantitative estimate of drug-likeness (QED) is 0.890. The van der Waals surface area contributed by atoms with Crippen LogP contribution >= 0.6 is 15.9 Å². The molecule has 0 radical (unpaired) electrons. The Balaban J connectivity index is 1.88. The highest BCUT2D eigenvalue weighted by molar-refractivity contribution is 9.10. The second-order valence-corrected chi connectivity index (χ2v) is 5.47. The lowest BCUT2D eigenvalue weighted by Gasteiger charge is -2.23. The maximum absolute atomic E-state index is 3.55. The third-order valence-corrected chi connectivity index (χ3v) is 3.66. The van der Waals surface area contributed by atoms with Gasteiger partial charge in [0.15, 0.2) is 0 Å². The number of anilines is 1. The Morgan fingerprint density at radius 2 is 2.38 bits per heavy atom. The van der Waals surface area contributed by atoms with E-state index in [1.165, 1.54) is 30.6 Å². The highest BCUT2D eigenvalue weighted by atomic mass is 79.9. The van der Waals surface area contributed by atoms with Crippen molar-refractivity contribution >= 4 is 21.6 Å². The number of hydrogen-bond acceptors (Lipinski definition) is 2. The van der Waals surface area contributed by atoms with Crippen molar-refractivity contribution in [1.82, 2.24) is 5.32 Å². The number of piperidine rings is 1. The van der Waals surface area contributed by atoms with Crippen molar-refractivity contribution in [2.24, 2.45) is 5.92 Å². The first kappa shape index (κ1) is 11.9. The van der Waals surface area contributed by atoms with Gasteiger partial charge in [0.2, 0.25) is 0 Å². The molecule has 88 valence electrons. The van der Waals surface area contributed by atoms with Gasteiger partial charge in [-0.15, -0.1) is 0 Å². The first-order valence-corrected chi connectivity index (χ1v) is 6.76. The molecule has 0 saturated carbocycles. The topological polar surface area (TPSA) is 24.1 Å². The van der Waals surface area contributed by atoms with Crippen LogP contribution in [0.2, 0.25) is 0 Å². The Morgan fingerprint density at radius 1 is 1.50 bits per heavy atom. The van der Waals surface area contributed by atoms with E-state index in [2.05, 4.69) is 51.7 Å². The highest BCUT2D eigenvalue weighted by Gasteiger charge is 2.12. The van der Waals surface area contributed by atoms with Gasteiger partial charge in [0.05, 0.1) is 0 Å². The van der Waals surface area contributed by atoms with Crippen molar-refractivity contribution in [1.29, 1.82) is 0 Å². The van der Waals surface area contributed by atoms with Crippen LogP contribution in [0, 0.1) is 12.8 Å². The molecule has 1 unspecified atom stereocenters. The van der Waals surface area contributed by atoms with E-state index in [9.17, 15) is 0 Å². The van der Waals surface area contributed by atoms with E-state index in [-0.39, 0.29) is 0 Å². The molecule has 0 bridgehead atoms. The summed E-state index contributed by atoms with van der Waals surface area (Å²) < 4.78 is 1.15. The summed E-state index contributed by atoms with van der Waals surface area (Å²) in [4.78, 5) is 0. The Hall–Kier alpha value is -0.540. The van der Waals surface area contributed by atoms with Gasteiger partial charge in [-0.25, -0.2) is 0 Å². The third-order valence-electron chi connectivity index (χ3n) is 3.17. The number of benzene rings is 1. The monoisotopic (exact) mass is 282 g/mol. The summed E-state index contributed by atoms with van der Waals surface area (Å²) >= 11 is 3.49. The maximum atomic E-state index is 3.55. The number of hydrogen-bond donors (Lipinski definition) is 2. The molecule has 0 aliphatic carbocycles. The molecule has 3 heteroatoms. The first-order valence-electron chi connectivity index (χ1n) is 5.96. The molecular formula is C13H19BrN2. The minimum atomic E-state index is 0.775. The molecule has 1 aliphatic rings. The molecule has 2 N–H and O–H groups in total. The van der Waals surface area contributed by atoms with Gasteiger partial charge in [-0.1, -0.05) is 15.9 Å². The van der Waals surface area contributed by atoms with Crippen LogP contribution in [0.5, 0.6) is 0 Å². The predicted octanol–water partition coefficient (Wildman–Crippen LogP) is 3.17. The molecule has 0 amide bonds. The Labute approximate surface area is 106 Å². The summed E-state index contributed by atoms with van der Waals surface area (Å²) in [6.07, 6.45) is 2.65. The molecule has 1 aliphatic heterocycles. The van der Waals surface area contributed by atoms with E-state index in [1.54, 1.807) is 0 Å². The minimum Gasteiger partial charge on any atom is -0.385 e. The van der Waals surface area contributed by atoms with Gasteiger partial charge >= 0.3 is 0 Å². The fourth-order valence-corrected chi connectivity index (χ4v) is 2.65. The highest BCUT2D eigenvalue weighted by Crippen LogP contribution is 2.21. The Morgan fingerprint density at radius 3 is 3.06 bits per heavy atom. The lowest BCUT2D eigenvalue weighted by atomic mass is 9.99.